The Labute approximate surface area is 165 Å². The molecular formula is C13H6Cl6N2O3. The molecule has 2 rings (SSSR count). The van der Waals surface area contributed by atoms with E-state index in [1.165, 1.54) is 0 Å². The van der Waals surface area contributed by atoms with Crippen molar-refractivity contribution in [1.82, 2.24) is 0 Å². The molecule has 0 aliphatic heterocycles. The zero-order valence-corrected chi connectivity index (χ0v) is 15.8. The van der Waals surface area contributed by atoms with Crippen molar-refractivity contribution >= 4 is 86.8 Å². The van der Waals surface area contributed by atoms with Gasteiger partial charge in [-0.2, -0.15) is 0 Å². The van der Waals surface area contributed by atoms with E-state index in [-0.39, 0.29) is 52.6 Å². The lowest BCUT2D eigenvalue weighted by Crippen LogP contribution is -2.09. The molecule has 0 atom stereocenters. The van der Waals surface area contributed by atoms with Gasteiger partial charge < -0.3 is 21.7 Å². The van der Waals surface area contributed by atoms with E-state index in [4.69, 9.17) is 81.1 Å². The molecular weight excluding hydrogens is 445 g/mol. The Kier molecular flexibility index (Phi) is 5.45. The maximum Gasteiger partial charge on any atom is 0.199 e. The van der Waals surface area contributed by atoms with Crippen LogP contribution in [0.15, 0.2) is 0 Å². The SMILES string of the molecule is Nc1c(O)c(Cl)c(Cl)c(C(=O)c2c(Cl)c(N)c(O)c(Cl)c2Cl)c1Cl. The monoisotopic (exact) mass is 448 g/mol. The van der Waals surface area contributed by atoms with E-state index in [2.05, 4.69) is 0 Å². The zero-order valence-electron chi connectivity index (χ0n) is 11.2. The quantitative estimate of drug-likeness (QED) is 0.211. The van der Waals surface area contributed by atoms with E-state index in [0.717, 1.165) is 0 Å². The topological polar surface area (TPSA) is 110 Å². The predicted octanol–water partition coefficient (Wildman–Crippen LogP) is 5.41. The average Bonchev–Trinajstić information content (AvgIpc) is 2.55. The van der Waals surface area contributed by atoms with Crippen LogP contribution >= 0.6 is 69.6 Å². The lowest BCUT2D eigenvalue weighted by molar-refractivity contribution is 0.103. The average molecular weight is 451 g/mol. The van der Waals surface area contributed by atoms with Crippen molar-refractivity contribution in [2.75, 3.05) is 11.5 Å². The van der Waals surface area contributed by atoms with Crippen molar-refractivity contribution in [2.45, 2.75) is 0 Å². The molecule has 6 N–H and O–H groups in total. The molecule has 24 heavy (non-hydrogen) atoms. The number of nitrogens with two attached hydrogens (primary N) is 2. The number of benzene rings is 2. The molecule has 0 fully saturated rings. The lowest BCUT2D eigenvalue weighted by Gasteiger charge is -2.16. The van der Waals surface area contributed by atoms with E-state index in [1.54, 1.807) is 0 Å². The van der Waals surface area contributed by atoms with Gasteiger partial charge in [-0.1, -0.05) is 69.6 Å². The summed E-state index contributed by atoms with van der Waals surface area (Å²) in [7, 11) is 0. The molecule has 5 nitrogen and oxygen atoms in total. The van der Waals surface area contributed by atoms with E-state index < -0.39 is 17.3 Å². The molecule has 0 spiro atoms. The Morgan fingerprint density at radius 2 is 0.917 bits per heavy atom. The molecule has 0 amide bonds. The number of anilines is 2. The van der Waals surface area contributed by atoms with Crippen LogP contribution in [0.3, 0.4) is 0 Å². The van der Waals surface area contributed by atoms with Gasteiger partial charge in [0.1, 0.15) is 10.0 Å². The molecule has 11 heteroatoms. The Hall–Kier alpha value is -0.950. The summed E-state index contributed by atoms with van der Waals surface area (Å²) in [5.41, 5.74) is 9.75. The van der Waals surface area contributed by atoms with Gasteiger partial charge in [0.25, 0.3) is 0 Å². The van der Waals surface area contributed by atoms with Crippen LogP contribution in [0.1, 0.15) is 15.9 Å². The molecule has 2 aromatic carbocycles. The van der Waals surface area contributed by atoms with Gasteiger partial charge in [0.15, 0.2) is 17.3 Å². The van der Waals surface area contributed by atoms with E-state index in [1.807, 2.05) is 0 Å². The van der Waals surface area contributed by atoms with Crippen molar-refractivity contribution in [3.63, 3.8) is 0 Å². The third kappa shape index (κ3) is 2.79. The highest BCUT2D eigenvalue weighted by Gasteiger charge is 2.30. The fourth-order valence-corrected chi connectivity index (χ4v) is 3.43. The number of hydrogen-bond donors (Lipinski definition) is 4. The minimum atomic E-state index is -0.901. The van der Waals surface area contributed by atoms with Crippen LogP contribution in [0.4, 0.5) is 11.4 Å². The Balaban J connectivity index is 2.87. The maximum atomic E-state index is 12.8. The molecule has 0 radical (unpaired) electrons. The van der Waals surface area contributed by atoms with Crippen LogP contribution in [0.25, 0.3) is 0 Å². The minimum Gasteiger partial charge on any atom is -0.504 e. The highest BCUT2D eigenvalue weighted by atomic mass is 35.5. The predicted molar refractivity (Wildman–Crippen MR) is 98.5 cm³/mol. The number of nitrogen functional groups attached to an aromatic ring is 2. The highest BCUT2D eigenvalue weighted by molar-refractivity contribution is 6.52. The summed E-state index contributed by atoms with van der Waals surface area (Å²) < 4.78 is 0. The molecule has 0 saturated carbocycles. The van der Waals surface area contributed by atoms with Crippen molar-refractivity contribution in [2.24, 2.45) is 0 Å². The van der Waals surface area contributed by atoms with Gasteiger partial charge in [-0.05, 0) is 0 Å². The van der Waals surface area contributed by atoms with Gasteiger partial charge in [-0.15, -0.1) is 0 Å². The summed E-state index contributed by atoms with van der Waals surface area (Å²) in [5, 5.41) is 17.2. The van der Waals surface area contributed by atoms with Crippen molar-refractivity contribution in [3.05, 3.63) is 41.3 Å². The fraction of sp³-hybridized carbons (Fsp3) is 0. The molecule has 0 aliphatic rings. The van der Waals surface area contributed by atoms with Crippen LogP contribution in [-0.2, 0) is 0 Å². The van der Waals surface area contributed by atoms with Crippen molar-refractivity contribution in [1.29, 1.82) is 0 Å². The second kappa shape index (κ2) is 6.75. The molecule has 128 valence electrons. The first-order valence-electron chi connectivity index (χ1n) is 5.86. The number of phenolic OH excluding ortho intramolecular Hbond substituents is 2. The van der Waals surface area contributed by atoms with E-state index >= 15 is 0 Å². The number of ketones is 1. The number of phenols is 2. The molecule has 0 heterocycles. The van der Waals surface area contributed by atoms with Crippen LogP contribution in [0, 0.1) is 0 Å². The summed E-state index contributed by atoms with van der Waals surface area (Å²) >= 11 is 35.6. The Bertz CT molecular complexity index is 771. The number of aromatic hydroxyl groups is 2. The van der Waals surface area contributed by atoms with Crippen LogP contribution < -0.4 is 11.5 Å². The van der Waals surface area contributed by atoms with Gasteiger partial charge >= 0.3 is 0 Å². The number of rotatable bonds is 2. The van der Waals surface area contributed by atoms with Crippen LogP contribution in [-0.4, -0.2) is 16.0 Å². The van der Waals surface area contributed by atoms with Crippen LogP contribution in [0.5, 0.6) is 11.5 Å². The minimum absolute atomic E-state index is 0.358. The number of carbonyl (C=O) groups is 1. The number of halogens is 6. The smallest absolute Gasteiger partial charge is 0.199 e. The summed E-state index contributed by atoms with van der Waals surface area (Å²) in [4.78, 5) is 12.8. The Morgan fingerprint density at radius 1 is 0.625 bits per heavy atom. The van der Waals surface area contributed by atoms with E-state index in [9.17, 15) is 15.0 Å². The molecule has 2 aromatic rings. The van der Waals surface area contributed by atoms with Gasteiger partial charge in [-0.3, -0.25) is 4.79 Å². The Morgan fingerprint density at radius 3 is 1.21 bits per heavy atom. The molecule has 0 aliphatic carbocycles. The highest BCUT2D eigenvalue weighted by Crippen LogP contribution is 2.49. The number of hydrogen-bond acceptors (Lipinski definition) is 5. The normalized spacial score (nSPS) is 10.9. The van der Waals surface area contributed by atoms with Gasteiger partial charge in [-0.25, -0.2) is 0 Å². The second-order valence-corrected chi connectivity index (χ2v) is 6.76. The summed E-state index contributed by atoms with van der Waals surface area (Å²) in [5.74, 6) is -2.06. The van der Waals surface area contributed by atoms with Gasteiger partial charge in [0.05, 0.1) is 42.6 Å². The first kappa shape index (κ1) is 19.4. The fourth-order valence-electron chi connectivity index (χ4n) is 1.86. The van der Waals surface area contributed by atoms with Gasteiger partial charge in [0, 0.05) is 0 Å². The summed E-state index contributed by atoms with van der Waals surface area (Å²) in [6.07, 6.45) is 0. The summed E-state index contributed by atoms with van der Waals surface area (Å²) in [6, 6.07) is 0. The van der Waals surface area contributed by atoms with E-state index in [0.29, 0.717) is 0 Å². The first-order valence-corrected chi connectivity index (χ1v) is 8.13. The van der Waals surface area contributed by atoms with Crippen molar-refractivity contribution < 1.29 is 15.0 Å². The maximum absolute atomic E-state index is 12.8. The number of carbonyl (C=O) groups excluding carboxylic acids is 1. The second-order valence-electron chi connectivity index (χ2n) is 4.49. The zero-order chi connectivity index (χ0) is 18.5. The van der Waals surface area contributed by atoms with Gasteiger partial charge in [0.2, 0.25) is 0 Å². The molecule has 0 aromatic heterocycles. The largest absolute Gasteiger partial charge is 0.504 e. The standard InChI is InChI=1S/C13H6Cl6N2O3/c14-3-1(5(16)9(20)12(23)7(3)18)11(22)2-4(15)8(19)13(24)10(21)6(2)17/h23-24H,20-21H2. The van der Waals surface area contributed by atoms with Crippen molar-refractivity contribution in [3.8, 4) is 11.5 Å². The molecule has 0 saturated heterocycles. The van der Waals surface area contributed by atoms with Crippen LogP contribution in [0.2, 0.25) is 30.1 Å². The third-order valence-electron chi connectivity index (χ3n) is 3.12. The first-order chi connectivity index (χ1) is 11.0. The third-order valence-corrected chi connectivity index (χ3v) is 5.59. The molecule has 0 unspecified atom stereocenters. The molecule has 0 bridgehead atoms. The summed E-state index contributed by atoms with van der Waals surface area (Å²) in [6.45, 7) is 0. The lowest BCUT2D eigenvalue weighted by atomic mass is 10.0.